The predicted octanol–water partition coefficient (Wildman–Crippen LogP) is 3.63. The molecule has 0 amide bonds. The third-order valence-corrected chi connectivity index (χ3v) is 11.3. The Morgan fingerprint density at radius 3 is 0.623 bits per heavy atom. The Morgan fingerprint density at radius 1 is 0.340 bits per heavy atom. The lowest BCUT2D eigenvalue weighted by Gasteiger charge is -2.36. The van der Waals surface area contributed by atoms with Crippen LogP contribution in [0.25, 0.3) is 0 Å². The molecule has 53 heavy (non-hydrogen) atoms. The second-order valence-corrected chi connectivity index (χ2v) is 15.8. The van der Waals surface area contributed by atoms with Gasteiger partial charge in [0.2, 0.25) is 0 Å². The SMILES string of the molecule is CC(CS)C(=O)OCC(COCC(COC(=O)C(C)CS)(COC(=O)C(C)CS)COC(=O)C(C)CS)(COC(=O)C(C)CS)COC(=O)C(C)CS. The van der Waals surface area contributed by atoms with Gasteiger partial charge in [-0.3, -0.25) is 28.8 Å². The fourth-order valence-electron chi connectivity index (χ4n) is 3.63. The lowest BCUT2D eigenvalue weighted by atomic mass is 9.90. The first kappa shape index (κ1) is 51.9. The molecule has 0 aliphatic rings. The zero-order valence-electron chi connectivity index (χ0n) is 31.4. The Kier molecular flexibility index (Phi) is 26.9. The second kappa shape index (κ2) is 27.5. The van der Waals surface area contributed by atoms with Crippen LogP contribution < -0.4 is 0 Å². The number of esters is 6. The van der Waals surface area contributed by atoms with Crippen molar-refractivity contribution in [3.63, 3.8) is 0 Å². The zero-order chi connectivity index (χ0) is 40.8. The van der Waals surface area contributed by atoms with E-state index in [9.17, 15) is 28.8 Å². The first-order valence-corrected chi connectivity index (χ1v) is 20.9. The first-order chi connectivity index (χ1) is 24.9. The summed E-state index contributed by atoms with van der Waals surface area (Å²) >= 11 is 25.0. The minimum atomic E-state index is -1.47. The van der Waals surface area contributed by atoms with Gasteiger partial charge in [0.15, 0.2) is 0 Å². The number of carbonyl (C=O) groups excluding carboxylic acids is 6. The van der Waals surface area contributed by atoms with E-state index < -0.39 is 122 Å². The monoisotopic (exact) mass is 866 g/mol. The Morgan fingerprint density at radius 2 is 0.491 bits per heavy atom. The van der Waals surface area contributed by atoms with Gasteiger partial charge < -0.3 is 33.2 Å². The molecule has 0 N–H and O–H groups in total. The zero-order valence-corrected chi connectivity index (χ0v) is 36.7. The number of ether oxygens (including phenoxy) is 7. The standard InChI is InChI=1S/C34H58O13S6/c1-21(7-48)27(35)42-15-33(16-43-28(36)22(2)8-49,17-44-29(37)23(3)9-50)13-41-14-34(18-45-30(38)24(4)10-51,19-46-31(39)25(5)11-52)20-47-32(40)26(6)12-53/h21-26,48-53H,7-20H2,1-6H3. The minimum Gasteiger partial charge on any atom is -0.464 e. The molecular weight excluding hydrogens is 809 g/mol. The van der Waals surface area contributed by atoms with Gasteiger partial charge in [-0.05, 0) is 0 Å². The molecule has 0 saturated heterocycles. The van der Waals surface area contributed by atoms with E-state index in [0.717, 1.165) is 0 Å². The molecule has 0 heterocycles. The average molecular weight is 867 g/mol. The Labute approximate surface area is 346 Å². The fourth-order valence-corrected chi connectivity index (χ4v) is 4.52. The van der Waals surface area contributed by atoms with Crippen LogP contribution in [0.4, 0.5) is 0 Å². The maximum absolute atomic E-state index is 12.8. The molecule has 19 heteroatoms. The summed E-state index contributed by atoms with van der Waals surface area (Å²) in [7, 11) is 0. The molecule has 6 unspecified atom stereocenters. The summed E-state index contributed by atoms with van der Waals surface area (Å²) in [6.45, 7) is 6.46. The van der Waals surface area contributed by atoms with E-state index >= 15 is 0 Å². The van der Waals surface area contributed by atoms with Crippen molar-refractivity contribution in [1.29, 1.82) is 0 Å². The van der Waals surface area contributed by atoms with E-state index in [1.54, 1.807) is 41.5 Å². The molecule has 0 aromatic rings. The third kappa shape index (κ3) is 19.5. The van der Waals surface area contributed by atoms with Crippen LogP contribution in [0.2, 0.25) is 0 Å². The molecule has 0 fully saturated rings. The third-order valence-electron chi connectivity index (χ3n) is 8.00. The highest BCUT2D eigenvalue weighted by molar-refractivity contribution is 7.81. The molecule has 13 nitrogen and oxygen atoms in total. The van der Waals surface area contributed by atoms with Crippen LogP contribution in [0.3, 0.4) is 0 Å². The molecule has 308 valence electrons. The summed E-state index contributed by atoms with van der Waals surface area (Å²) in [5, 5.41) is 0. The van der Waals surface area contributed by atoms with Gasteiger partial charge in [0.25, 0.3) is 0 Å². The van der Waals surface area contributed by atoms with Crippen LogP contribution in [0, 0.1) is 46.3 Å². The number of rotatable bonds is 28. The number of hydrogen-bond acceptors (Lipinski definition) is 19. The molecule has 6 atom stereocenters. The first-order valence-electron chi connectivity index (χ1n) is 17.1. The van der Waals surface area contributed by atoms with E-state index in [0.29, 0.717) is 0 Å². The van der Waals surface area contributed by atoms with Crippen LogP contribution in [0.1, 0.15) is 41.5 Å². The summed E-state index contributed by atoms with van der Waals surface area (Å²) < 4.78 is 40.0. The van der Waals surface area contributed by atoms with Gasteiger partial charge in [0.05, 0.1) is 59.6 Å². The highest BCUT2D eigenvalue weighted by atomic mass is 32.1. The van der Waals surface area contributed by atoms with Crippen LogP contribution >= 0.6 is 75.8 Å². The van der Waals surface area contributed by atoms with Crippen LogP contribution in [-0.4, -0.2) is 123 Å². The molecule has 0 aromatic heterocycles. The van der Waals surface area contributed by atoms with Gasteiger partial charge in [-0.2, -0.15) is 75.8 Å². The van der Waals surface area contributed by atoms with Crippen molar-refractivity contribution >= 4 is 112 Å². The molecule has 0 aromatic carbocycles. The molecule has 0 bridgehead atoms. The smallest absolute Gasteiger partial charge is 0.309 e. The van der Waals surface area contributed by atoms with Gasteiger partial charge >= 0.3 is 35.8 Å². The number of thiol groups is 6. The highest BCUT2D eigenvalue weighted by Gasteiger charge is 2.42. The summed E-state index contributed by atoms with van der Waals surface area (Å²) in [6.07, 6.45) is 0. The molecule has 0 radical (unpaired) electrons. The maximum atomic E-state index is 12.8. The summed E-state index contributed by atoms with van der Waals surface area (Å²) in [5.41, 5.74) is -2.94. The minimum absolute atomic E-state index is 0.188. The van der Waals surface area contributed by atoms with Crippen molar-refractivity contribution in [2.45, 2.75) is 41.5 Å². The summed E-state index contributed by atoms with van der Waals surface area (Å²) in [6, 6.07) is 0. The lowest BCUT2D eigenvalue weighted by Crippen LogP contribution is -2.48. The molecule has 0 saturated carbocycles. The van der Waals surface area contributed by atoms with Crippen LogP contribution in [-0.2, 0) is 61.9 Å². The molecule has 0 aliphatic heterocycles. The van der Waals surface area contributed by atoms with Gasteiger partial charge in [-0.15, -0.1) is 0 Å². The lowest BCUT2D eigenvalue weighted by molar-refractivity contribution is -0.178. The topological polar surface area (TPSA) is 167 Å². The van der Waals surface area contributed by atoms with Crippen LogP contribution in [0.15, 0.2) is 0 Å². The van der Waals surface area contributed by atoms with Crippen LogP contribution in [0.5, 0.6) is 0 Å². The van der Waals surface area contributed by atoms with E-state index in [-0.39, 0.29) is 47.7 Å². The fraction of sp³-hybridized carbons (Fsp3) is 0.824. The molecule has 0 rings (SSSR count). The summed E-state index contributed by atoms with van der Waals surface area (Å²) in [5.74, 6) is -6.09. The van der Waals surface area contributed by atoms with Crippen molar-refractivity contribution < 1.29 is 61.9 Å². The number of hydrogen-bond donors (Lipinski definition) is 6. The maximum Gasteiger partial charge on any atom is 0.309 e. The van der Waals surface area contributed by atoms with Crippen molar-refractivity contribution in [2.75, 3.05) is 87.4 Å². The average Bonchev–Trinajstić information content (AvgIpc) is 3.18. The Hall–Kier alpha value is -1.12. The van der Waals surface area contributed by atoms with Gasteiger partial charge in [-0.25, -0.2) is 0 Å². The van der Waals surface area contributed by atoms with Gasteiger partial charge in [-0.1, -0.05) is 41.5 Å². The Balaban J connectivity index is 6.95. The van der Waals surface area contributed by atoms with Gasteiger partial charge in [0, 0.05) is 34.5 Å². The van der Waals surface area contributed by atoms with E-state index in [1.807, 2.05) is 0 Å². The van der Waals surface area contributed by atoms with E-state index in [4.69, 9.17) is 33.2 Å². The Bertz CT molecular complexity index is 945. The van der Waals surface area contributed by atoms with Crippen molar-refractivity contribution in [3.05, 3.63) is 0 Å². The van der Waals surface area contributed by atoms with Crippen molar-refractivity contribution in [1.82, 2.24) is 0 Å². The number of carbonyl (C=O) groups is 6. The largest absolute Gasteiger partial charge is 0.464 e. The van der Waals surface area contributed by atoms with Crippen molar-refractivity contribution in [2.24, 2.45) is 46.3 Å². The predicted molar refractivity (Wildman–Crippen MR) is 220 cm³/mol. The highest BCUT2D eigenvalue weighted by Crippen LogP contribution is 2.28. The quantitative estimate of drug-likeness (QED) is 0.0384. The molecular formula is C34H58O13S6. The second-order valence-electron chi connectivity index (χ2n) is 13.6. The molecule has 0 spiro atoms. The van der Waals surface area contributed by atoms with Gasteiger partial charge in [0.1, 0.15) is 39.6 Å². The van der Waals surface area contributed by atoms with E-state index in [2.05, 4.69) is 75.8 Å². The van der Waals surface area contributed by atoms with E-state index in [1.165, 1.54) is 0 Å². The summed E-state index contributed by atoms with van der Waals surface area (Å²) in [4.78, 5) is 76.9. The molecule has 0 aliphatic carbocycles. The normalized spacial score (nSPS) is 17.0. The van der Waals surface area contributed by atoms with Crippen molar-refractivity contribution in [3.8, 4) is 0 Å².